The molecule has 34 heavy (non-hydrogen) atoms. The van der Waals surface area contributed by atoms with Gasteiger partial charge in [-0.05, 0) is 42.7 Å². The monoisotopic (exact) mass is 485 g/mol. The summed E-state index contributed by atoms with van der Waals surface area (Å²) >= 11 is 0. The molecule has 0 spiro atoms. The van der Waals surface area contributed by atoms with Crippen LogP contribution in [0.25, 0.3) is 33.3 Å². The van der Waals surface area contributed by atoms with E-state index in [9.17, 15) is 18.3 Å². The minimum absolute atomic E-state index is 0.0111. The molecule has 4 aromatic rings. The molecule has 0 radical (unpaired) electrons. The normalized spacial score (nSPS) is 13.7. The van der Waals surface area contributed by atoms with Gasteiger partial charge in [-0.25, -0.2) is 8.42 Å². The first-order chi connectivity index (χ1) is 15.8. The summed E-state index contributed by atoms with van der Waals surface area (Å²) in [6.45, 7) is 9.61. The van der Waals surface area contributed by atoms with Gasteiger partial charge < -0.3 is 14.0 Å². The predicted octanol–water partition coefficient (Wildman–Crippen LogP) is 4.71. The van der Waals surface area contributed by atoms with E-state index >= 15 is 0 Å². The van der Waals surface area contributed by atoms with Crippen molar-refractivity contribution in [1.29, 1.82) is 0 Å². The quantitative estimate of drug-likeness (QED) is 0.384. The lowest BCUT2D eigenvalue weighted by atomic mass is 9.97. The molecule has 2 N–H and O–H groups in total. The van der Waals surface area contributed by atoms with Crippen LogP contribution in [0.1, 0.15) is 46.9 Å². The Kier molecular flexibility index (Phi) is 5.99. The number of aromatic nitrogens is 2. The Labute approximate surface area is 197 Å². The van der Waals surface area contributed by atoms with Crippen molar-refractivity contribution in [2.24, 2.45) is 5.92 Å². The van der Waals surface area contributed by atoms with Gasteiger partial charge in [-0.15, -0.1) is 0 Å². The molecule has 0 bridgehead atoms. The van der Waals surface area contributed by atoms with E-state index in [1.165, 1.54) is 12.1 Å². The maximum atomic E-state index is 12.9. The predicted molar refractivity (Wildman–Crippen MR) is 127 cm³/mol. The number of rotatable bonds is 7. The third kappa shape index (κ3) is 4.69. The highest BCUT2D eigenvalue weighted by Gasteiger charge is 2.27. The lowest BCUT2D eigenvalue weighted by Crippen LogP contribution is -2.41. The summed E-state index contributed by atoms with van der Waals surface area (Å²) in [7, 11) is -4.06. The van der Waals surface area contributed by atoms with Crippen LogP contribution in [0.15, 0.2) is 50.2 Å². The first-order valence-corrected chi connectivity index (χ1v) is 12.4. The van der Waals surface area contributed by atoms with Gasteiger partial charge in [-0.3, -0.25) is 4.79 Å². The molecule has 1 atom stereocenters. The Bertz CT molecular complexity index is 1480. The number of sulfonamides is 1. The van der Waals surface area contributed by atoms with Crippen LogP contribution >= 0.6 is 0 Å². The van der Waals surface area contributed by atoms with Gasteiger partial charge in [-0.2, -0.15) is 9.71 Å². The fraction of sp³-hybridized carbons (Fsp3) is 0.375. The number of nitrogens with zero attached hydrogens (tertiary/aromatic N) is 2. The van der Waals surface area contributed by atoms with Crippen molar-refractivity contribution in [3.63, 3.8) is 0 Å². The third-order valence-electron chi connectivity index (χ3n) is 5.38. The lowest BCUT2D eigenvalue weighted by Gasteiger charge is -2.16. The number of fused-ring (bicyclic) bond motifs is 3. The summed E-state index contributed by atoms with van der Waals surface area (Å²) in [5.74, 6) is -0.246. The number of benzene rings is 2. The molecule has 0 amide bonds. The Morgan fingerprint density at radius 3 is 2.44 bits per heavy atom. The number of furan rings is 1. The second-order valence-electron chi connectivity index (χ2n) is 9.79. The Hall–Kier alpha value is -3.24. The van der Waals surface area contributed by atoms with E-state index in [4.69, 9.17) is 8.94 Å². The van der Waals surface area contributed by atoms with Gasteiger partial charge in [0.1, 0.15) is 17.2 Å². The number of hydrogen-bond donors (Lipinski definition) is 2. The first-order valence-electron chi connectivity index (χ1n) is 10.9. The Balaban J connectivity index is 1.70. The van der Waals surface area contributed by atoms with Gasteiger partial charge >= 0.3 is 5.97 Å². The Morgan fingerprint density at radius 1 is 1.09 bits per heavy atom. The Morgan fingerprint density at radius 2 is 1.82 bits per heavy atom. The van der Waals surface area contributed by atoms with Gasteiger partial charge in [0.15, 0.2) is 0 Å². The first kappa shape index (κ1) is 23.9. The van der Waals surface area contributed by atoms with Crippen LogP contribution in [0.3, 0.4) is 0 Å². The van der Waals surface area contributed by atoms with E-state index in [0.717, 1.165) is 0 Å². The zero-order valence-corrected chi connectivity index (χ0v) is 20.4. The number of carbonyl (C=O) groups is 1. The van der Waals surface area contributed by atoms with Crippen LogP contribution in [0.4, 0.5) is 0 Å². The van der Waals surface area contributed by atoms with E-state index < -0.39 is 22.0 Å². The van der Waals surface area contributed by atoms with E-state index in [1.54, 1.807) is 12.1 Å². The maximum absolute atomic E-state index is 12.9. The third-order valence-corrected chi connectivity index (χ3v) is 6.85. The summed E-state index contributed by atoms with van der Waals surface area (Å²) in [6.07, 6.45) is 0.182. The highest BCUT2D eigenvalue weighted by molar-refractivity contribution is 7.89. The zero-order chi connectivity index (χ0) is 24.8. The molecule has 0 aliphatic heterocycles. The topological polar surface area (TPSA) is 136 Å². The molecule has 2 aromatic carbocycles. The minimum Gasteiger partial charge on any atom is -0.480 e. The molecular weight excluding hydrogens is 458 g/mol. The summed E-state index contributed by atoms with van der Waals surface area (Å²) in [5, 5.41) is 14.8. The number of carboxylic acids is 1. The summed E-state index contributed by atoms with van der Waals surface area (Å²) in [5.41, 5.74) is 1.48. The lowest BCUT2D eigenvalue weighted by molar-refractivity contribution is -0.139. The smallest absolute Gasteiger partial charge is 0.321 e. The molecular formula is C24H27N3O6S. The molecule has 0 aliphatic rings. The average Bonchev–Trinajstić information content (AvgIpc) is 3.36. The van der Waals surface area contributed by atoms with Crippen LogP contribution < -0.4 is 4.72 Å². The van der Waals surface area contributed by atoms with Crippen LogP contribution in [0.5, 0.6) is 0 Å². The standard InChI is InChI=1S/C24H27N3O6S/c1-13(2)10-18(22(28)29)27-34(30,31)15-7-9-19-17(12-15)16-8-6-14(11-20(16)32-19)21-25-23(33-26-21)24(3,4)5/h6-9,11-13,18,27H,10H2,1-5H3,(H,28,29)/t18-/m1/s1. The molecule has 4 rings (SSSR count). The average molecular weight is 486 g/mol. The van der Waals surface area contributed by atoms with Crippen molar-refractivity contribution in [2.45, 2.75) is 57.4 Å². The molecule has 2 heterocycles. The molecule has 0 unspecified atom stereocenters. The van der Waals surface area contributed by atoms with E-state index in [-0.39, 0.29) is 22.6 Å². The van der Waals surface area contributed by atoms with Crippen LogP contribution in [-0.2, 0) is 20.2 Å². The number of nitrogens with one attached hydrogen (secondary N) is 1. The maximum Gasteiger partial charge on any atom is 0.321 e. The van der Waals surface area contributed by atoms with Crippen molar-refractivity contribution in [3.8, 4) is 11.4 Å². The van der Waals surface area contributed by atoms with Gasteiger partial charge in [-0.1, -0.05) is 45.8 Å². The van der Waals surface area contributed by atoms with Crippen molar-refractivity contribution < 1.29 is 27.3 Å². The van der Waals surface area contributed by atoms with E-state index in [2.05, 4.69) is 14.9 Å². The van der Waals surface area contributed by atoms with E-state index in [1.807, 2.05) is 46.8 Å². The van der Waals surface area contributed by atoms with Gasteiger partial charge in [0.2, 0.25) is 21.7 Å². The van der Waals surface area contributed by atoms with Crippen LogP contribution in [0.2, 0.25) is 0 Å². The molecule has 10 heteroatoms. The fourth-order valence-electron chi connectivity index (χ4n) is 3.63. The summed E-state index contributed by atoms with van der Waals surface area (Å²) < 4.78 is 39.5. The number of hydrogen-bond acceptors (Lipinski definition) is 7. The highest BCUT2D eigenvalue weighted by Crippen LogP contribution is 2.33. The number of aliphatic carboxylic acids is 1. The van der Waals surface area contributed by atoms with Crippen molar-refractivity contribution in [3.05, 3.63) is 42.3 Å². The van der Waals surface area contributed by atoms with Crippen molar-refractivity contribution in [2.75, 3.05) is 0 Å². The van der Waals surface area contributed by atoms with Gasteiger partial charge in [0, 0.05) is 21.8 Å². The minimum atomic E-state index is -4.06. The molecule has 2 aromatic heterocycles. The fourth-order valence-corrected chi connectivity index (χ4v) is 4.86. The molecule has 180 valence electrons. The van der Waals surface area contributed by atoms with Crippen LogP contribution in [0, 0.1) is 5.92 Å². The largest absolute Gasteiger partial charge is 0.480 e. The zero-order valence-electron chi connectivity index (χ0n) is 19.6. The van der Waals surface area contributed by atoms with Gasteiger partial charge in [0.05, 0.1) is 4.90 Å². The second-order valence-corrected chi connectivity index (χ2v) is 11.5. The second kappa shape index (κ2) is 8.52. The molecule has 0 aliphatic carbocycles. The SMILES string of the molecule is CC(C)C[C@@H](NS(=O)(=O)c1ccc2oc3cc(-c4noc(C(C)(C)C)n4)ccc3c2c1)C(=O)O. The molecule has 0 saturated carbocycles. The van der Waals surface area contributed by atoms with Crippen molar-refractivity contribution >= 4 is 37.9 Å². The number of carboxylic acid groups (broad SMARTS) is 1. The van der Waals surface area contributed by atoms with Gasteiger partial charge in [0.25, 0.3) is 0 Å². The van der Waals surface area contributed by atoms with Crippen molar-refractivity contribution in [1.82, 2.24) is 14.9 Å². The van der Waals surface area contributed by atoms with E-state index in [0.29, 0.717) is 39.2 Å². The molecule has 9 nitrogen and oxygen atoms in total. The molecule has 0 fully saturated rings. The highest BCUT2D eigenvalue weighted by atomic mass is 32.2. The summed E-state index contributed by atoms with van der Waals surface area (Å²) in [6, 6.07) is 8.65. The summed E-state index contributed by atoms with van der Waals surface area (Å²) in [4.78, 5) is 16.0. The van der Waals surface area contributed by atoms with Crippen LogP contribution in [-0.4, -0.2) is 35.7 Å². The molecule has 0 saturated heterocycles.